The number of nitrogens with zero attached hydrogens (tertiary/aromatic N) is 1. The third kappa shape index (κ3) is 4.00. The zero-order valence-corrected chi connectivity index (χ0v) is 14.7. The predicted octanol–water partition coefficient (Wildman–Crippen LogP) is 2.73. The van der Waals surface area contributed by atoms with Gasteiger partial charge in [-0.05, 0) is 36.8 Å². The van der Waals surface area contributed by atoms with E-state index in [9.17, 15) is 9.90 Å². The van der Waals surface area contributed by atoms with E-state index in [1.807, 2.05) is 6.07 Å². The summed E-state index contributed by atoms with van der Waals surface area (Å²) in [5.74, 6) is 0.775. The summed E-state index contributed by atoms with van der Waals surface area (Å²) < 4.78 is 16.4. The second-order valence-electron chi connectivity index (χ2n) is 5.38. The highest BCUT2D eigenvalue weighted by molar-refractivity contribution is 6.32. The molecule has 0 radical (unpaired) electrons. The number of hydrogen-bond acceptors (Lipinski definition) is 6. The maximum absolute atomic E-state index is 12.2. The molecule has 1 amide bonds. The number of para-hydroxylation sites is 2. The maximum atomic E-state index is 12.2. The van der Waals surface area contributed by atoms with Gasteiger partial charge >= 0.3 is 0 Å². The first-order valence-corrected chi connectivity index (χ1v) is 8.33. The summed E-state index contributed by atoms with van der Waals surface area (Å²) >= 11 is 5.95. The normalized spacial score (nSPS) is 15.7. The van der Waals surface area contributed by atoms with E-state index in [1.54, 1.807) is 31.2 Å². The first-order chi connectivity index (χ1) is 12.6. The molecule has 0 aliphatic carbocycles. The summed E-state index contributed by atoms with van der Waals surface area (Å²) in [6, 6.07) is 10.2. The summed E-state index contributed by atoms with van der Waals surface area (Å²) in [4.78, 5) is 12.2. The van der Waals surface area contributed by atoms with Crippen molar-refractivity contribution >= 4 is 23.7 Å². The Balaban J connectivity index is 1.63. The fraction of sp³-hybridized carbons (Fsp3) is 0.222. The van der Waals surface area contributed by atoms with Gasteiger partial charge in [0, 0.05) is 0 Å². The number of hydrogen-bond donors (Lipinski definition) is 2. The molecule has 0 bridgehead atoms. The number of aromatic hydroxyl groups is 1. The average Bonchev–Trinajstić information content (AvgIpc) is 2.65. The van der Waals surface area contributed by atoms with Gasteiger partial charge in [-0.2, -0.15) is 5.10 Å². The van der Waals surface area contributed by atoms with E-state index in [0.717, 1.165) is 0 Å². The number of hydrazone groups is 1. The highest BCUT2D eigenvalue weighted by Crippen LogP contribution is 2.34. The molecule has 2 aromatic rings. The van der Waals surface area contributed by atoms with Crippen LogP contribution in [0.2, 0.25) is 5.02 Å². The number of carbonyl (C=O) groups excluding carboxylic acids is 1. The summed E-state index contributed by atoms with van der Waals surface area (Å²) in [6.45, 7) is 2.26. The molecule has 1 heterocycles. The van der Waals surface area contributed by atoms with Crippen molar-refractivity contribution in [2.75, 3.05) is 13.2 Å². The van der Waals surface area contributed by atoms with Crippen LogP contribution in [0.3, 0.4) is 0 Å². The van der Waals surface area contributed by atoms with Crippen LogP contribution in [-0.4, -0.2) is 36.5 Å². The Morgan fingerprint density at radius 3 is 2.96 bits per heavy atom. The molecule has 0 unspecified atom stereocenters. The van der Waals surface area contributed by atoms with Crippen LogP contribution in [0.1, 0.15) is 12.5 Å². The number of fused-ring (bicyclic) bond motifs is 1. The zero-order chi connectivity index (χ0) is 18.5. The highest BCUT2D eigenvalue weighted by Gasteiger charge is 2.27. The van der Waals surface area contributed by atoms with Crippen LogP contribution >= 0.6 is 11.6 Å². The number of phenols is 1. The Labute approximate surface area is 155 Å². The topological polar surface area (TPSA) is 89.4 Å². The van der Waals surface area contributed by atoms with Crippen molar-refractivity contribution in [2.45, 2.75) is 13.0 Å². The Kier molecular flexibility index (Phi) is 5.48. The number of halogens is 1. The van der Waals surface area contributed by atoms with Crippen molar-refractivity contribution in [3.63, 3.8) is 0 Å². The molecular weight excluding hydrogens is 360 g/mol. The zero-order valence-electron chi connectivity index (χ0n) is 13.9. The van der Waals surface area contributed by atoms with E-state index in [1.165, 1.54) is 12.3 Å². The minimum absolute atomic E-state index is 0.0951. The van der Waals surface area contributed by atoms with Gasteiger partial charge in [-0.1, -0.05) is 23.7 Å². The lowest BCUT2D eigenvalue weighted by Crippen LogP contribution is -2.42. The number of rotatable bonds is 5. The van der Waals surface area contributed by atoms with Crippen molar-refractivity contribution in [2.24, 2.45) is 5.10 Å². The Hall–Kier alpha value is -2.93. The number of phenolic OH excluding ortho intramolecular Hbond substituents is 1. The van der Waals surface area contributed by atoms with Crippen molar-refractivity contribution in [1.82, 2.24) is 5.43 Å². The molecule has 0 fully saturated rings. The summed E-state index contributed by atoms with van der Waals surface area (Å²) in [6.07, 6.45) is 0.591. The van der Waals surface area contributed by atoms with E-state index in [0.29, 0.717) is 23.7 Å². The van der Waals surface area contributed by atoms with Crippen LogP contribution in [0.15, 0.2) is 41.5 Å². The van der Waals surface area contributed by atoms with Crippen LogP contribution in [0, 0.1) is 0 Å². The smallest absolute Gasteiger partial charge is 0.284 e. The molecule has 0 aromatic heterocycles. The molecule has 2 N–H and O–H groups in total. The van der Waals surface area contributed by atoms with Crippen molar-refractivity contribution in [3.05, 3.63) is 47.0 Å². The quantitative estimate of drug-likeness (QED) is 0.618. The number of nitrogens with one attached hydrogen (secondary N) is 1. The summed E-state index contributed by atoms with van der Waals surface area (Å²) in [7, 11) is 0. The number of amides is 1. The molecule has 1 aliphatic rings. The van der Waals surface area contributed by atoms with Crippen LogP contribution in [0.4, 0.5) is 0 Å². The third-order valence-electron chi connectivity index (χ3n) is 3.54. The van der Waals surface area contributed by atoms with E-state index >= 15 is 0 Å². The van der Waals surface area contributed by atoms with Crippen molar-refractivity contribution in [3.8, 4) is 23.0 Å². The van der Waals surface area contributed by atoms with Gasteiger partial charge in [-0.3, -0.25) is 4.79 Å². The Bertz CT molecular complexity index is 840. The van der Waals surface area contributed by atoms with Crippen molar-refractivity contribution in [1.29, 1.82) is 0 Å². The molecule has 1 aliphatic heterocycles. The predicted molar refractivity (Wildman–Crippen MR) is 96.4 cm³/mol. The molecule has 0 spiro atoms. The fourth-order valence-corrected chi connectivity index (χ4v) is 2.54. The van der Waals surface area contributed by atoms with Crippen molar-refractivity contribution < 1.29 is 24.1 Å². The standard InChI is InChI=1S/C18H17ClN2O5/c1-2-24-15-8-11(7-12(19)17(15)22)9-20-21-18(23)16-10-25-13-5-3-4-6-14(13)26-16/h3-9,16,22H,2,10H2,1H3,(H,21,23)/b20-9-/t16-/m0/s1. The van der Waals surface area contributed by atoms with Gasteiger partial charge in [-0.15, -0.1) is 0 Å². The average molecular weight is 377 g/mol. The van der Waals surface area contributed by atoms with Crippen LogP contribution in [0.5, 0.6) is 23.0 Å². The van der Waals surface area contributed by atoms with E-state index < -0.39 is 12.0 Å². The fourth-order valence-electron chi connectivity index (χ4n) is 2.33. The lowest BCUT2D eigenvalue weighted by Gasteiger charge is -2.24. The summed E-state index contributed by atoms with van der Waals surface area (Å²) in [5, 5.41) is 13.8. The van der Waals surface area contributed by atoms with E-state index in [-0.39, 0.29) is 23.1 Å². The van der Waals surface area contributed by atoms with Gasteiger partial charge in [0.25, 0.3) is 5.91 Å². The Morgan fingerprint density at radius 1 is 1.42 bits per heavy atom. The largest absolute Gasteiger partial charge is 0.503 e. The highest BCUT2D eigenvalue weighted by atomic mass is 35.5. The first-order valence-electron chi connectivity index (χ1n) is 7.95. The third-order valence-corrected chi connectivity index (χ3v) is 3.83. The SMILES string of the molecule is CCOc1cc(/C=N\NC(=O)[C@@H]2COc3ccccc3O2)cc(Cl)c1O. The molecule has 0 saturated carbocycles. The molecule has 2 aromatic carbocycles. The molecular formula is C18H17ClN2O5. The van der Waals surface area contributed by atoms with E-state index in [2.05, 4.69) is 10.5 Å². The van der Waals surface area contributed by atoms with Gasteiger partial charge in [-0.25, -0.2) is 5.43 Å². The van der Waals surface area contributed by atoms with Gasteiger partial charge in [0.15, 0.2) is 23.0 Å². The number of benzene rings is 2. The van der Waals surface area contributed by atoms with Crippen LogP contribution in [-0.2, 0) is 4.79 Å². The molecule has 3 rings (SSSR count). The second-order valence-corrected chi connectivity index (χ2v) is 5.79. The lowest BCUT2D eigenvalue weighted by molar-refractivity contribution is -0.130. The molecule has 7 nitrogen and oxygen atoms in total. The molecule has 1 atom stereocenters. The van der Waals surface area contributed by atoms with Crippen LogP contribution in [0.25, 0.3) is 0 Å². The number of carbonyl (C=O) groups is 1. The first kappa shape index (κ1) is 17.9. The van der Waals surface area contributed by atoms with Crippen LogP contribution < -0.4 is 19.6 Å². The number of ether oxygens (including phenoxy) is 3. The molecule has 0 saturated heterocycles. The van der Waals surface area contributed by atoms with Gasteiger partial charge < -0.3 is 19.3 Å². The summed E-state index contributed by atoms with van der Waals surface area (Å²) in [5.41, 5.74) is 2.95. The molecule has 26 heavy (non-hydrogen) atoms. The molecule has 8 heteroatoms. The Morgan fingerprint density at radius 2 is 2.19 bits per heavy atom. The second kappa shape index (κ2) is 7.97. The van der Waals surface area contributed by atoms with Gasteiger partial charge in [0.1, 0.15) is 6.61 Å². The lowest BCUT2D eigenvalue weighted by atomic mass is 10.2. The van der Waals surface area contributed by atoms with E-state index in [4.69, 9.17) is 25.8 Å². The molecule has 136 valence electrons. The minimum atomic E-state index is -0.801. The minimum Gasteiger partial charge on any atom is -0.503 e. The van der Waals surface area contributed by atoms with Gasteiger partial charge in [0.05, 0.1) is 17.8 Å². The maximum Gasteiger partial charge on any atom is 0.284 e. The van der Waals surface area contributed by atoms with Gasteiger partial charge in [0.2, 0.25) is 6.10 Å². The monoisotopic (exact) mass is 376 g/mol.